The van der Waals surface area contributed by atoms with Crippen LogP contribution in [0.1, 0.15) is 118 Å². The molecule has 134 valence electrons. The maximum absolute atomic E-state index is 10.1. The van der Waals surface area contributed by atoms with Crippen LogP contribution in [0.5, 0.6) is 0 Å². The van der Waals surface area contributed by atoms with Gasteiger partial charge in [-0.15, -0.1) is 0 Å². The Morgan fingerprint density at radius 2 is 1.14 bits per heavy atom. The molecule has 0 aliphatic heterocycles. The fourth-order valence-electron chi connectivity index (χ4n) is 2.92. The van der Waals surface area contributed by atoms with E-state index in [9.17, 15) is 5.11 Å². The van der Waals surface area contributed by atoms with Gasteiger partial charge in [-0.05, 0) is 24.2 Å². The summed E-state index contributed by atoms with van der Waals surface area (Å²) in [5, 5.41) is 10.1. The number of hydrogen-bond donors (Lipinski definition) is 1. The van der Waals surface area contributed by atoms with Crippen LogP contribution in [0.3, 0.4) is 0 Å². The molecule has 1 heteroatoms. The van der Waals surface area contributed by atoms with Crippen LogP contribution >= 0.6 is 0 Å². The number of aliphatic hydroxyl groups is 1. The van der Waals surface area contributed by atoms with E-state index in [4.69, 9.17) is 0 Å². The first-order chi connectivity index (χ1) is 10.4. The van der Waals surface area contributed by atoms with Gasteiger partial charge in [0.05, 0.1) is 6.10 Å². The summed E-state index contributed by atoms with van der Waals surface area (Å²) in [4.78, 5) is 0. The molecule has 1 nitrogen and oxygen atoms in total. The smallest absolute Gasteiger partial charge is 0.0543 e. The lowest BCUT2D eigenvalue weighted by molar-refractivity contribution is 0.101. The molecule has 0 aromatic rings. The Balaban J connectivity index is 3.32. The van der Waals surface area contributed by atoms with E-state index in [0.29, 0.717) is 11.3 Å². The average Bonchev–Trinajstić information content (AvgIpc) is 2.43. The largest absolute Gasteiger partial charge is 0.393 e. The van der Waals surface area contributed by atoms with E-state index >= 15 is 0 Å². The molecule has 2 atom stereocenters. The van der Waals surface area contributed by atoms with Gasteiger partial charge < -0.3 is 5.11 Å². The van der Waals surface area contributed by atoms with Crippen molar-refractivity contribution in [2.24, 2.45) is 11.3 Å². The molecule has 1 N–H and O–H groups in total. The van der Waals surface area contributed by atoms with E-state index in [1.807, 2.05) is 0 Å². The molecular weight excluding hydrogens is 268 g/mol. The number of unbranched alkanes of at least 4 members (excludes halogenated alkanes) is 10. The van der Waals surface area contributed by atoms with Crippen LogP contribution in [-0.4, -0.2) is 11.2 Å². The van der Waals surface area contributed by atoms with Crippen LogP contribution < -0.4 is 0 Å². The zero-order chi connectivity index (χ0) is 16.8. The van der Waals surface area contributed by atoms with E-state index in [2.05, 4.69) is 34.6 Å². The Morgan fingerprint density at radius 1 is 0.727 bits per heavy atom. The summed E-state index contributed by atoms with van der Waals surface area (Å²) in [5.41, 5.74) is 0.318. The van der Waals surface area contributed by atoms with Gasteiger partial charge in [0.15, 0.2) is 0 Å². The summed E-state index contributed by atoms with van der Waals surface area (Å²) in [7, 11) is 0. The van der Waals surface area contributed by atoms with Gasteiger partial charge >= 0.3 is 0 Å². The van der Waals surface area contributed by atoms with Crippen molar-refractivity contribution in [3.63, 3.8) is 0 Å². The van der Waals surface area contributed by atoms with Crippen molar-refractivity contribution in [1.29, 1.82) is 0 Å². The molecular formula is C21H44O. The highest BCUT2D eigenvalue weighted by Crippen LogP contribution is 2.30. The second kappa shape index (κ2) is 13.4. The predicted molar refractivity (Wildman–Crippen MR) is 100 cm³/mol. The molecule has 0 saturated heterocycles. The molecule has 0 fully saturated rings. The standard InChI is InChI=1S/C21H44O/c1-6-7-8-9-10-11-12-13-14-15-16-17-20(22)18-19(2)21(3,4)5/h19-20,22H,6-18H2,1-5H3. The summed E-state index contributed by atoms with van der Waals surface area (Å²) < 4.78 is 0. The zero-order valence-corrected chi connectivity index (χ0v) is 16.3. The second-order valence-electron chi connectivity index (χ2n) is 8.48. The molecule has 0 rings (SSSR count). The minimum atomic E-state index is -0.0900. The monoisotopic (exact) mass is 312 g/mol. The van der Waals surface area contributed by atoms with E-state index in [0.717, 1.165) is 12.8 Å². The minimum Gasteiger partial charge on any atom is -0.393 e. The van der Waals surface area contributed by atoms with E-state index in [1.165, 1.54) is 70.6 Å². The third-order valence-electron chi connectivity index (χ3n) is 5.24. The normalized spacial score (nSPS) is 15.0. The topological polar surface area (TPSA) is 20.2 Å². The summed E-state index contributed by atoms with van der Waals surface area (Å²) in [6.07, 6.45) is 17.0. The third kappa shape index (κ3) is 13.6. The highest BCUT2D eigenvalue weighted by molar-refractivity contribution is 4.73. The van der Waals surface area contributed by atoms with E-state index in [-0.39, 0.29) is 6.10 Å². The molecule has 0 aliphatic carbocycles. The van der Waals surface area contributed by atoms with Gasteiger partial charge in [-0.25, -0.2) is 0 Å². The van der Waals surface area contributed by atoms with Gasteiger partial charge in [0, 0.05) is 0 Å². The van der Waals surface area contributed by atoms with E-state index < -0.39 is 0 Å². The molecule has 0 bridgehead atoms. The van der Waals surface area contributed by atoms with Crippen molar-refractivity contribution in [2.75, 3.05) is 0 Å². The second-order valence-corrected chi connectivity index (χ2v) is 8.48. The van der Waals surface area contributed by atoms with Crippen LogP contribution in [0, 0.1) is 11.3 Å². The van der Waals surface area contributed by atoms with Crippen LogP contribution in [0.15, 0.2) is 0 Å². The molecule has 0 aliphatic rings. The Labute approximate surface area is 141 Å². The Kier molecular flexibility index (Phi) is 13.4. The maximum Gasteiger partial charge on any atom is 0.0543 e. The fourth-order valence-corrected chi connectivity index (χ4v) is 2.92. The maximum atomic E-state index is 10.1. The van der Waals surface area contributed by atoms with Crippen LogP contribution in [0.2, 0.25) is 0 Å². The lowest BCUT2D eigenvalue weighted by Crippen LogP contribution is -2.22. The minimum absolute atomic E-state index is 0.0900. The third-order valence-corrected chi connectivity index (χ3v) is 5.24. The number of aliphatic hydroxyl groups excluding tert-OH is 1. The van der Waals surface area contributed by atoms with E-state index in [1.54, 1.807) is 0 Å². The van der Waals surface area contributed by atoms with Crippen LogP contribution in [-0.2, 0) is 0 Å². The quantitative estimate of drug-likeness (QED) is 0.338. The van der Waals surface area contributed by atoms with Crippen molar-refractivity contribution in [3.05, 3.63) is 0 Å². The Morgan fingerprint density at radius 3 is 1.55 bits per heavy atom. The van der Waals surface area contributed by atoms with Gasteiger partial charge in [0.2, 0.25) is 0 Å². The lowest BCUT2D eigenvalue weighted by atomic mass is 9.78. The highest BCUT2D eigenvalue weighted by atomic mass is 16.3. The zero-order valence-electron chi connectivity index (χ0n) is 16.3. The predicted octanol–water partition coefficient (Wildman–Crippen LogP) is 7.12. The van der Waals surface area contributed by atoms with Gasteiger partial charge in [0.1, 0.15) is 0 Å². The lowest BCUT2D eigenvalue weighted by Gasteiger charge is -2.29. The molecule has 0 amide bonds. The number of hydrogen-bond acceptors (Lipinski definition) is 1. The summed E-state index contributed by atoms with van der Waals surface area (Å²) in [6, 6.07) is 0. The summed E-state index contributed by atoms with van der Waals surface area (Å²) in [5.74, 6) is 0.593. The van der Waals surface area contributed by atoms with Crippen LogP contribution in [0.4, 0.5) is 0 Å². The van der Waals surface area contributed by atoms with Crippen molar-refractivity contribution < 1.29 is 5.11 Å². The highest BCUT2D eigenvalue weighted by Gasteiger charge is 2.22. The van der Waals surface area contributed by atoms with Crippen molar-refractivity contribution >= 4 is 0 Å². The molecule has 0 aromatic heterocycles. The van der Waals surface area contributed by atoms with Crippen molar-refractivity contribution in [3.8, 4) is 0 Å². The molecule has 0 aromatic carbocycles. The molecule has 0 radical (unpaired) electrons. The van der Waals surface area contributed by atoms with Gasteiger partial charge in [-0.1, -0.05) is 105 Å². The van der Waals surface area contributed by atoms with Gasteiger partial charge in [0.25, 0.3) is 0 Å². The average molecular weight is 313 g/mol. The first-order valence-electron chi connectivity index (χ1n) is 10.1. The molecule has 0 spiro atoms. The molecule has 2 unspecified atom stereocenters. The van der Waals surface area contributed by atoms with Gasteiger partial charge in [-0.3, -0.25) is 0 Å². The molecule has 0 saturated carbocycles. The summed E-state index contributed by atoms with van der Waals surface area (Å²) in [6.45, 7) is 11.4. The van der Waals surface area contributed by atoms with Crippen molar-refractivity contribution in [1.82, 2.24) is 0 Å². The first-order valence-corrected chi connectivity index (χ1v) is 10.1. The Hall–Kier alpha value is -0.0400. The summed E-state index contributed by atoms with van der Waals surface area (Å²) >= 11 is 0. The molecule has 22 heavy (non-hydrogen) atoms. The SMILES string of the molecule is CCCCCCCCCCCCCC(O)CC(C)C(C)(C)C. The van der Waals surface area contributed by atoms with Crippen LogP contribution in [0.25, 0.3) is 0 Å². The van der Waals surface area contributed by atoms with Crippen molar-refractivity contribution in [2.45, 2.75) is 124 Å². The molecule has 0 heterocycles. The number of rotatable bonds is 14. The fraction of sp³-hybridized carbons (Fsp3) is 1.00. The first kappa shape index (κ1) is 22.0. The Bertz CT molecular complexity index is 229. The van der Waals surface area contributed by atoms with Gasteiger partial charge in [-0.2, -0.15) is 0 Å².